The molecule has 59 heavy (non-hydrogen) atoms. The molecule has 0 radical (unpaired) electrons. The average Bonchev–Trinajstić information content (AvgIpc) is 3.94. The molecular weight excluding hydrogens is 715 g/mol. The van der Waals surface area contributed by atoms with E-state index >= 15 is 0 Å². The fourth-order valence-corrected chi connectivity index (χ4v) is 10.0. The Morgan fingerprint density at radius 3 is 1.36 bits per heavy atom. The van der Waals surface area contributed by atoms with Crippen molar-refractivity contribution >= 4 is 81.7 Å². The van der Waals surface area contributed by atoms with Crippen molar-refractivity contribution in [2.75, 3.05) is 0 Å². The number of para-hydroxylation sites is 4. The van der Waals surface area contributed by atoms with E-state index in [-0.39, 0.29) is 0 Å². The van der Waals surface area contributed by atoms with Crippen molar-refractivity contribution in [1.82, 2.24) is 13.5 Å². The molecule has 274 valence electrons. The molecule has 13 rings (SSSR count). The average molecular weight is 750 g/mol. The summed E-state index contributed by atoms with van der Waals surface area (Å²) in [6.07, 6.45) is 0. The zero-order valence-corrected chi connectivity index (χ0v) is 32.0. The molecule has 0 bridgehead atoms. The van der Waals surface area contributed by atoms with Gasteiger partial charge in [0, 0.05) is 43.4 Å². The van der Waals surface area contributed by atoms with Crippen LogP contribution < -0.4 is 0 Å². The van der Waals surface area contributed by atoms with Crippen LogP contribution in [0, 0.1) is 0 Å². The third kappa shape index (κ3) is 4.58. The molecule has 0 aliphatic rings. The van der Waals surface area contributed by atoms with Crippen molar-refractivity contribution in [3.05, 3.63) is 212 Å². The van der Waals surface area contributed by atoms with Crippen molar-refractivity contribution in [1.29, 1.82) is 0 Å². The van der Waals surface area contributed by atoms with Gasteiger partial charge in [0.05, 0.1) is 44.3 Å². The third-order valence-corrected chi connectivity index (χ3v) is 12.6. The van der Waals surface area contributed by atoms with Gasteiger partial charge in [-0.05, 0) is 88.3 Å². The lowest BCUT2D eigenvalue weighted by molar-refractivity contribution is 1.18. The molecule has 0 amide bonds. The van der Waals surface area contributed by atoms with E-state index in [0.29, 0.717) is 0 Å². The lowest BCUT2D eigenvalue weighted by Crippen LogP contribution is -1.96. The second kappa shape index (κ2) is 12.3. The number of rotatable bonds is 4. The van der Waals surface area contributed by atoms with E-state index in [4.69, 9.17) is 0 Å². The Hall–Kier alpha value is -7.88. The van der Waals surface area contributed by atoms with Crippen LogP contribution in [0.15, 0.2) is 212 Å². The molecule has 0 aliphatic carbocycles. The minimum Gasteiger partial charge on any atom is -0.309 e. The summed E-state index contributed by atoms with van der Waals surface area (Å²) in [7, 11) is 0. The van der Waals surface area contributed by atoms with Gasteiger partial charge in [0.25, 0.3) is 0 Å². The van der Waals surface area contributed by atoms with Crippen molar-refractivity contribution in [2.45, 2.75) is 0 Å². The van der Waals surface area contributed by atoms with Crippen LogP contribution in [0.2, 0.25) is 0 Å². The summed E-state index contributed by atoms with van der Waals surface area (Å²) in [5.41, 5.74) is 15.6. The molecule has 4 heterocycles. The number of benzene rings is 9. The molecule has 0 spiro atoms. The summed E-state index contributed by atoms with van der Waals surface area (Å²) < 4.78 is 7.44. The molecule has 0 saturated heterocycles. The number of fused-ring (bicyclic) bond motifs is 14. The Morgan fingerprint density at radius 2 is 0.695 bits per heavy atom. The first-order chi connectivity index (χ1) is 29.3. The maximum atomic E-state index is 2.53. The standard InChI is InChI=1S/C56H35N3/c1-3-15-36(16-4-1)39-27-30-46-54(35-39)59-50-25-13-9-20-42(50)41-19-7-8-23-45(41)55(59)56(46)58-51-26-14-11-22-44(51)48-34-38(29-32-53(48)58)37-28-31-52-47(33-37)43-21-10-12-24-49(43)57(52)40-17-5-2-6-18-40/h1-35H. The first-order valence-corrected chi connectivity index (χ1v) is 20.4. The summed E-state index contributed by atoms with van der Waals surface area (Å²) in [4.78, 5) is 0. The van der Waals surface area contributed by atoms with E-state index in [0.717, 1.165) is 0 Å². The van der Waals surface area contributed by atoms with Crippen LogP contribution >= 0.6 is 0 Å². The largest absolute Gasteiger partial charge is 0.309 e. The summed E-state index contributed by atoms with van der Waals surface area (Å²) >= 11 is 0. The normalized spacial score (nSPS) is 12.1. The minimum atomic E-state index is 1.17. The van der Waals surface area contributed by atoms with Gasteiger partial charge < -0.3 is 13.5 Å². The highest BCUT2D eigenvalue weighted by atomic mass is 15.0. The number of nitrogens with zero attached hydrogens (tertiary/aromatic N) is 3. The fourth-order valence-electron chi connectivity index (χ4n) is 10.0. The van der Waals surface area contributed by atoms with E-state index in [9.17, 15) is 0 Å². The Bertz CT molecular complexity index is 3830. The minimum absolute atomic E-state index is 1.17. The van der Waals surface area contributed by atoms with Gasteiger partial charge in [0.2, 0.25) is 0 Å². The van der Waals surface area contributed by atoms with Gasteiger partial charge in [-0.3, -0.25) is 0 Å². The molecule has 0 atom stereocenters. The van der Waals surface area contributed by atoms with Crippen LogP contribution in [-0.4, -0.2) is 13.5 Å². The predicted octanol–water partition coefficient (Wildman–Crippen LogP) is 14.9. The van der Waals surface area contributed by atoms with Gasteiger partial charge in [-0.15, -0.1) is 0 Å². The van der Waals surface area contributed by atoms with Crippen LogP contribution in [-0.2, 0) is 0 Å². The zero-order valence-electron chi connectivity index (χ0n) is 32.0. The Balaban J connectivity index is 1.10. The number of aromatic nitrogens is 3. The van der Waals surface area contributed by atoms with Crippen LogP contribution in [0.4, 0.5) is 0 Å². The quantitative estimate of drug-likeness (QED) is 0.159. The molecule has 3 heteroatoms. The SMILES string of the molecule is c1ccc(-c2ccc3c(-n4c5ccccc5c5cc(-c6ccc7c(c6)c6ccccc6n7-c6ccccc6)ccc54)c4c5ccccc5c5ccccc5n4c3c2)cc1. The van der Waals surface area contributed by atoms with Gasteiger partial charge in [0.15, 0.2) is 0 Å². The predicted molar refractivity (Wildman–Crippen MR) is 249 cm³/mol. The van der Waals surface area contributed by atoms with Gasteiger partial charge in [-0.25, -0.2) is 0 Å². The van der Waals surface area contributed by atoms with Gasteiger partial charge >= 0.3 is 0 Å². The lowest BCUT2D eigenvalue weighted by atomic mass is 10.0. The molecule has 0 unspecified atom stereocenters. The van der Waals surface area contributed by atoms with E-state index in [1.807, 2.05) is 0 Å². The number of pyridine rings is 1. The van der Waals surface area contributed by atoms with Crippen molar-refractivity contribution in [3.8, 4) is 33.6 Å². The maximum absolute atomic E-state index is 2.53. The van der Waals surface area contributed by atoms with E-state index in [2.05, 4.69) is 226 Å². The van der Waals surface area contributed by atoms with E-state index in [1.54, 1.807) is 0 Å². The highest BCUT2D eigenvalue weighted by Gasteiger charge is 2.24. The number of hydrogen-bond donors (Lipinski definition) is 0. The summed E-state index contributed by atoms with van der Waals surface area (Å²) in [6.45, 7) is 0. The van der Waals surface area contributed by atoms with Crippen molar-refractivity contribution in [3.63, 3.8) is 0 Å². The summed E-state index contributed by atoms with van der Waals surface area (Å²) in [5, 5.41) is 9.96. The van der Waals surface area contributed by atoms with Crippen LogP contribution in [0.25, 0.3) is 115 Å². The van der Waals surface area contributed by atoms with Gasteiger partial charge in [-0.1, -0.05) is 152 Å². The maximum Gasteiger partial charge on any atom is 0.0803 e. The van der Waals surface area contributed by atoms with E-state index in [1.165, 1.54) is 115 Å². The monoisotopic (exact) mass is 749 g/mol. The molecule has 3 nitrogen and oxygen atoms in total. The van der Waals surface area contributed by atoms with Crippen LogP contribution in [0.3, 0.4) is 0 Å². The second-order valence-electron chi connectivity index (χ2n) is 15.7. The van der Waals surface area contributed by atoms with Crippen molar-refractivity contribution in [2.24, 2.45) is 0 Å². The molecule has 0 fully saturated rings. The lowest BCUT2D eigenvalue weighted by Gasteiger charge is -2.13. The summed E-state index contributed by atoms with van der Waals surface area (Å²) in [5.74, 6) is 0. The molecule has 0 N–H and O–H groups in total. The Morgan fingerprint density at radius 1 is 0.237 bits per heavy atom. The second-order valence-corrected chi connectivity index (χ2v) is 15.7. The first kappa shape index (κ1) is 32.2. The molecule has 0 aliphatic heterocycles. The smallest absolute Gasteiger partial charge is 0.0803 e. The third-order valence-electron chi connectivity index (χ3n) is 12.6. The topological polar surface area (TPSA) is 14.3 Å². The van der Waals surface area contributed by atoms with E-state index < -0.39 is 0 Å². The molecule has 0 saturated carbocycles. The summed E-state index contributed by atoms with van der Waals surface area (Å²) in [6, 6.07) is 78.0. The molecule has 9 aromatic carbocycles. The molecule has 4 aromatic heterocycles. The van der Waals surface area contributed by atoms with Crippen molar-refractivity contribution < 1.29 is 0 Å². The first-order valence-electron chi connectivity index (χ1n) is 20.4. The Kier molecular flexibility index (Phi) is 6.72. The fraction of sp³-hybridized carbons (Fsp3) is 0. The van der Waals surface area contributed by atoms with Gasteiger partial charge in [-0.2, -0.15) is 0 Å². The zero-order chi connectivity index (χ0) is 38.6. The van der Waals surface area contributed by atoms with Crippen LogP contribution in [0.5, 0.6) is 0 Å². The highest BCUT2D eigenvalue weighted by molar-refractivity contribution is 6.22. The Labute approximate surface area is 339 Å². The van der Waals surface area contributed by atoms with Gasteiger partial charge in [0.1, 0.15) is 0 Å². The molecular formula is C56H35N3. The molecule has 13 aromatic rings. The number of hydrogen-bond acceptors (Lipinski definition) is 0. The van der Waals surface area contributed by atoms with Crippen LogP contribution in [0.1, 0.15) is 0 Å². The highest BCUT2D eigenvalue weighted by Crippen LogP contribution is 2.45.